The van der Waals surface area contributed by atoms with Gasteiger partial charge in [-0.25, -0.2) is 4.98 Å². The minimum Gasteiger partial charge on any atom is -0.505 e. The van der Waals surface area contributed by atoms with E-state index in [0.29, 0.717) is 5.92 Å². The highest BCUT2D eigenvalue weighted by atomic mass is 32.1. The number of esters is 1. The van der Waals surface area contributed by atoms with Crippen molar-refractivity contribution in [1.82, 2.24) is 10.3 Å². The fraction of sp³-hybridized carbons (Fsp3) is 0.586. The number of aromatic hydroxyl groups is 1. The summed E-state index contributed by atoms with van der Waals surface area (Å²) < 4.78 is 4.80. The predicted molar refractivity (Wildman–Crippen MR) is 152 cm³/mol. The Morgan fingerprint density at radius 1 is 1.13 bits per heavy atom. The zero-order valence-corrected chi connectivity index (χ0v) is 25.0. The first kappa shape index (κ1) is 33.1. The molecule has 212 valence electrons. The van der Waals surface area contributed by atoms with E-state index in [1.165, 1.54) is 37.6 Å². The molecule has 9 heteroatoms. The van der Waals surface area contributed by atoms with Gasteiger partial charge in [0.25, 0.3) is 5.91 Å². The van der Waals surface area contributed by atoms with Crippen LogP contribution in [-0.2, 0) is 27.2 Å². The predicted octanol–water partition coefficient (Wildman–Crippen LogP) is 6.25. The number of amides is 1. The molecule has 0 saturated carbocycles. The Morgan fingerprint density at radius 3 is 2.21 bits per heavy atom. The highest BCUT2D eigenvalue weighted by Crippen LogP contribution is 2.35. The van der Waals surface area contributed by atoms with E-state index in [9.17, 15) is 19.5 Å². The van der Waals surface area contributed by atoms with E-state index in [2.05, 4.69) is 37.1 Å². The average Bonchev–Trinajstić information content (AvgIpc) is 3.23. The van der Waals surface area contributed by atoms with Crippen LogP contribution in [0.25, 0.3) is 10.4 Å². The SMILES string of the molecule is CC(=O)OC(C)(C)C.CCc1cc(-c2cnc(C(=O)NCC(C)(C)C(=O)O)c(O)c2)sc1CCC(C)CC. The van der Waals surface area contributed by atoms with Crippen LogP contribution in [0.15, 0.2) is 18.3 Å². The van der Waals surface area contributed by atoms with Gasteiger partial charge in [0.2, 0.25) is 0 Å². The van der Waals surface area contributed by atoms with Crippen molar-refractivity contribution in [1.29, 1.82) is 0 Å². The van der Waals surface area contributed by atoms with Crippen molar-refractivity contribution in [2.75, 3.05) is 6.54 Å². The third-order valence-corrected chi connectivity index (χ3v) is 7.21. The van der Waals surface area contributed by atoms with Crippen molar-refractivity contribution >= 4 is 29.2 Å². The summed E-state index contributed by atoms with van der Waals surface area (Å²) in [6, 6.07) is 3.69. The summed E-state index contributed by atoms with van der Waals surface area (Å²) in [6.45, 7) is 16.5. The van der Waals surface area contributed by atoms with Crippen LogP contribution in [0.2, 0.25) is 0 Å². The Kier molecular flexibility index (Phi) is 12.4. The molecule has 2 aromatic rings. The van der Waals surface area contributed by atoms with Crippen LogP contribution in [0, 0.1) is 11.3 Å². The number of hydrogen-bond donors (Lipinski definition) is 3. The van der Waals surface area contributed by atoms with Gasteiger partial charge in [0.05, 0.1) is 5.41 Å². The molecular formula is C29H44N2O6S. The average molecular weight is 549 g/mol. The second-order valence-electron chi connectivity index (χ2n) is 11.1. The molecule has 0 bridgehead atoms. The molecule has 2 heterocycles. The summed E-state index contributed by atoms with van der Waals surface area (Å²) in [5, 5.41) is 22.1. The van der Waals surface area contributed by atoms with Gasteiger partial charge in [0, 0.05) is 35.0 Å². The molecule has 0 aliphatic carbocycles. The third-order valence-electron chi connectivity index (χ3n) is 5.93. The number of carboxylic acids is 1. The van der Waals surface area contributed by atoms with Gasteiger partial charge in [0.1, 0.15) is 11.4 Å². The lowest BCUT2D eigenvalue weighted by Gasteiger charge is -2.19. The summed E-state index contributed by atoms with van der Waals surface area (Å²) in [7, 11) is 0. The van der Waals surface area contributed by atoms with Crippen LogP contribution >= 0.6 is 11.3 Å². The molecule has 0 spiro atoms. The number of nitrogens with zero attached hydrogens (tertiary/aromatic N) is 1. The lowest BCUT2D eigenvalue weighted by atomic mass is 9.94. The third kappa shape index (κ3) is 10.8. The van der Waals surface area contributed by atoms with Crippen molar-refractivity contribution in [3.8, 4) is 16.2 Å². The van der Waals surface area contributed by atoms with Crippen LogP contribution in [0.3, 0.4) is 0 Å². The maximum Gasteiger partial charge on any atom is 0.310 e. The first-order chi connectivity index (χ1) is 17.5. The van der Waals surface area contributed by atoms with Gasteiger partial charge >= 0.3 is 11.9 Å². The van der Waals surface area contributed by atoms with Crippen molar-refractivity contribution < 1.29 is 29.3 Å². The number of rotatable bonds is 10. The maximum absolute atomic E-state index is 12.3. The number of pyridine rings is 1. The highest BCUT2D eigenvalue weighted by Gasteiger charge is 2.28. The van der Waals surface area contributed by atoms with Gasteiger partial charge in [-0.05, 0) is 77.5 Å². The summed E-state index contributed by atoms with van der Waals surface area (Å²) in [5.74, 6) is -1.36. The van der Waals surface area contributed by atoms with E-state index in [1.54, 1.807) is 23.6 Å². The number of aryl methyl sites for hydroxylation is 2. The number of thiophene rings is 1. The van der Waals surface area contributed by atoms with Gasteiger partial charge in [-0.2, -0.15) is 0 Å². The Labute approximate surface area is 230 Å². The largest absolute Gasteiger partial charge is 0.505 e. The molecule has 38 heavy (non-hydrogen) atoms. The number of nitrogens with one attached hydrogen (secondary N) is 1. The van der Waals surface area contributed by atoms with Gasteiger partial charge < -0.3 is 20.3 Å². The zero-order chi connectivity index (χ0) is 29.3. The summed E-state index contributed by atoms with van der Waals surface area (Å²) in [6.07, 6.45) is 5.90. The highest BCUT2D eigenvalue weighted by molar-refractivity contribution is 7.15. The molecule has 0 radical (unpaired) electrons. The summed E-state index contributed by atoms with van der Waals surface area (Å²) in [4.78, 5) is 40.3. The lowest BCUT2D eigenvalue weighted by Crippen LogP contribution is -2.39. The minimum atomic E-state index is -1.11. The molecule has 1 amide bonds. The number of ether oxygens (including phenoxy) is 1. The fourth-order valence-corrected chi connectivity index (χ4v) is 4.61. The van der Waals surface area contributed by atoms with Crippen molar-refractivity contribution in [2.45, 2.75) is 93.6 Å². The molecule has 8 nitrogen and oxygen atoms in total. The first-order valence-electron chi connectivity index (χ1n) is 13.0. The van der Waals surface area contributed by atoms with E-state index in [4.69, 9.17) is 9.84 Å². The summed E-state index contributed by atoms with van der Waals surface area (Å²) in [5.41, 5.74) is 0.542. The molecule has 2 aromatic heterocycles. The number of aromatic nitrogens is 1. The molecule has 3 N–H and O–H groups in total. The van der Waals surface area contributed by atoms with Crippen LogP contribution in [-0.4, -0.2) is 45.2 Å². The molecule has 0 aliphatic rings. The molecule has 0 aliphatic heterocycles. The number of aliphatic carboxylic acids is 1. The quantitative estimate of drug-likeness (QED) is 0.300. The van der Waals surface area contributed by atoms with E-state index in [1.807, 2.05) is 20.8 Å². The van der Waals surface area contributed by atoms with Gasteiger partial charge in [-0.3, -0.25) is 14.4 Å². The Balaban J connectivity index is 0.000000781. The lowest BCUT2D eigenvalue weighted by molar-refractivity contribution is -0.152. The molecule has 0 saturated heterocycles. The molecule has 1 atom stereocenters. The van der Waals surface area contributed by atoms with Gasteiger partial charge in [-0.1, -0.05) is 27.2 Å². The van der Waals surface area contributed by atoms with Crippen molar-refractivity contribution in [3.05, 3.63) is 34.5 Å². The number of carboxylic acid groups (broad SMARTS) is 1. The maximum atomic E-state index is 12.3. The number of carbonyl (C=O) groups excluding carboxylic acids is 2. The van der Waals surface area contributed by atoms with Gasteiger partial charge in [0.15, 0.2) is 5.69 Å². The van der Waals surface area contributed by atoms with E-state index in [-0.39, 0.29) is 29.6 Å². The molecule has 0 aromatic carbocycles. The van der Waals surface area contributed by atoms with Crippen LogP contribution < -0.4 is 5.32 Å². The second-order valence-corrected chi connectivity index (χ2v) is 12.3. The van der Waals surface area contributed by atoms with Crippen molar-refractivity contribution in [2.24, 2.45) is 11.3 Å². The van der Waals surface area contributed by atoms with Crippen LogP contribution in [0.5, 0.6) is 5.75 Å². The van der Waals surface area contributed by atoms with Crippen LogP contribution in [0.1, 0.15) is 96.1 Å². The van der Waals surface area contributed by atoms with E-state index >= 15 is 0 Å². The Hall–Kier alpha value is -2.94. The topological polar surface area (TPSA) is 126 Å². The normalized spacial score (nSPS) is 12.2. The smallest absolute Gasteiger partial charge is 0.310 e. The molecular weight excluding hydrogens is 504 g/mol. The van der Waals surface area contributed by atoms with Crippen molar-refractivity contribution in [3.63, 3.8) is 0 Å². The van der Waals surface area contributed by atoms with Crippen LogP contribution in [0.4, 0.5) is 0 Å². The Morgan fingerprint density at radius 2 is 1.76 bits per heavy atom. The number of hydrogen-bond acceptors (Lipinski definition) is 7. The Bertz CT molecular complexity index is 1100. The van der Waals surface area contributed by atoms with Gasteiger partial charge in [-0.15, -0.1) is 11.3 Å². The molecule has 1 unspecified atom stereocenters. The monoisotopic (exact) mass is 548 g/mol. The second kappa shape index (κ2) is 14.3. The molecule has 0 fully saturated rings. The fourth-order valence-electron chi connectivity index (χ4n) is 3.36. The standard InChI is InChI=1S/C23H32N2O4S.C6H12O2/c1-6-14(3)8-9-18-15(7-2)11-19(30-18)16-10-17(26)20(24-12-16)21(27)25-13-23(4,5)22(28)29;1-5(7)8-6(2,3)4/h10-12,14,26H,6-9,13H2,1-5H3,(H,25,27)(H,28,29);1-4H3. The summed E-state index contributed by atoms with van der Waals surface area (Å²) >= 11 is 1.71. The minimum absolute atomic E-state index is 0.0611. The van der Waals surface area contributed by atoms with E-state index in [0.717, 1.165) is 29.7 Å². The zero-order valence-electron chi connectivity index (χ0n) is 24.2. The van der Waals surface area contributed by atoms with E-state index < -0.39 is 17.3 Å². The number of carbonyl (C=O) groups is 3. The molecule has 2 rings (SSSR count). The first-order valence-corrected chi connectivity index (χ1v) is 13.8.